The number of hydrogen-bond acceptors (Lipinski definition) is 2. The molecule has 0 heterocycles. The fraction of sp³-hybridized carbons (Fsp3) is 0.778. The van der Waals surface area contributed by atoms with Crippen molar-refractivity contribution >= 4 is 13.8 Å². The first-order valence-corrected chi connectivity index (χ1v) is 6.35. The van der Waals surface area contributed by atoms with Crippen LogP contribution in [0.25, 0.3) is 0 Å². The Morgan fingerprint density at radius 3 is 2.58 bits per heavy atom. The molecule has 3 unspecified atom stereocenters. The van der Waals surface area contributed by atoms with Gasteiger partial charge in [-0.15, -0.1) is 0 Å². The average Bonchev–Trinajstić information content (AvgIpc) is 2.03. The molecule has 0 aromatic carbocycles. The SMILES string of the molecule is C=[P+](C)C(C)NC(C#N)CCC. The van der Waals surface area contributed by atoms with Gasteiger partial charge in [0.25, 0.3) is 0 Å². The Bertz CT molecular complexity index is 183. The smallest absolute Gasteiger partial charge is 0.164 e. The number of rotatable bonds is 5. The van der Waals surface area contributed by atoms with E-state index in [4.69, 9.17) is 5.26 Å². The first-order chi connectivity index (χ1) is 5.61. The van der Waals surface area contributed by atoms with Crippen LogP contribution in [0.1, 0.15) is 26.7 Å². The molecule has 12 heavy (non-hydrogen) atoms. The first-order valence-electron chi connectivity index (χ1n) is 4.30. The van der Waals surface area contributed by atoms with Crippen LogP contribution < -0.4 is 5.32 Å². The van der Waals surface area contributed by atoms with E-state index in [1.54, 1.807) is 0 Å². The summed E-state index contributed by atoms with van der Waals surface area (Å²) in [5.74, 6) is 0.385. The molecule has 0 amide bonds. The highest BCUT2D eigenvalue weighted by Crippen LogP contribution is 2.19. The average molecular weight is 185 g/mol. The van der Waals surface area contributed by atoms with E-state index in [1.807, 2.05) is 0 Å². The lowest BCUT2D eigenvalue weighted by atomic mass is 10.2. The van der Waals surface area contributed by atoms with Gasteiger partial charge in [0, 0.05) is 0 Å². The van der Waals surface area contributed by atoms with E-state index in [2.05, 4.69) is 38.2 Å². The highest BCUT2D eigenvalue weighted by Gasteiger charge is 2.16. The molecule has 0 saturated carbocycles. The van der Waals surface area contributed by atoms with Crippen LogP contribution in [0.15, 0.2) is 0 Å². The molecule has 3 atom stereocenters. The van der Waals surface area contributed by atoms with Crippen molar-refractivity contribution in [2.45, 2.75) is 38.5 Å². The van der Waals surface area contributed by atoms with Crippen molar-refractivity contribution in [1.29, 1.82) is 5.26 Å². The Labute approximate surface area is 76.4 Å². The summed E-state index contributed by atoms with van der Waals surface area (Å²) in [6.45, 7) is 6.31. The largest absolute Gasteiger partial charge is 0.261 e. The van der Waals surface area contributed by atoms with Gasteiger partial charge in [-0.1, -0.05) is 13.3 Å². The predicted octanol–water partition coefficient (Wildman–Crippen LogP) is 2.16. The molecule has 0 fully saturated rings. The van der Waals surface area contributed by atoms with Crippen molar-refractivity contribution in [3.8, 4) is 6.07 Å². The van der Waals surface area contributed by atoms with Crippen LogP contribution in [-0.2, 0) is 0 Å². The summed E-state index contributed by atoms with van der Waals surface area (Å²) >= 11 is 0. The van der Waals surface area contributed by atoms with Crippen molar-refractivity contribution in [1.82, 2.24) is 5.32 Å². The Morgan fingerprint density at radius 2 is 2.25 bits per heavy atom. The molecule has 68 valence electrons. The molecule has 0 aliphatic rings. The standard InChI is InChI=1S/C9H18N2P/c1-5-6-9(7-10)11-8(2)12(3)4/h8-9,11H,3,5-6H2,1-2,4H3/q+1. The van der Waals surface area contributed by atoms with E-state index < -0.39 is 0 Å². The Kier molecular flexibility index (Phi) is 5.98. The summed E-state index contributed by atoms with van der Waals surface area (Å²) in [6.07, 6.45) is 5.97. The van der Waals surface area contributed by atoms with Crippen molar-refractivity contribution in [3.05, 3.63) is 0 Å². The lowest BCUT2D eigenvalue weighted by Gasteiger charge is -2.11. The molecule has 0 spiro atoms. The molecule has 0 aromatic rings. The first kappa shape index (κ1) is 11.6. The fourth-order valence-corrected chi connectivity index (χ4v) is 1.33. The molecule has 2 nitrogen and oxygen atoms in total. The minimum atomic E-state index is -0.223. The maximum atomic E-state index is 8.76. The van der Waals surface area contributed by atoms with Crippen LogP contribution >= 0.6 is 7.55 Å². The maximum Gasteiger partial charge on any atom is 0.164 e. The molecule has 0 aromatic heterocycles. The molecule has 0 aliphatic carbocycles. The minimum absolute atomic E-state index is 0.0108. The van der Waals surface area contributed by atoms with Crippen molar-refractivity contribution < 1.29 is 0 Å². The summed E-state index contributed by atoms with van der Waals surface area (Å²) in [6, 6.07) is 2.27. The van der Waals surface area contributed by atoms with Gasteiger partial charge in [-0.2, -0.15) is 5.26 Å². The van der Waals surface area contributed by atoms with E-state index in [0.29, 0.717) is 5.78 Å². The van der Waals surface area contributed by atoms with E-state index in [-0.39, 0.29) is 13.6 Å². The van der Waals surface area contributed by atoms with Gasteiger partial charge in [0.05, 0.1) is 25.1 Å². The molecule has 0 rings (SSSR count). The van der Waals surface area contributed by atoms with Gasteiger partial charge in [0.2, 0.25) is 0 Å². The number of nitrogens with zero attached hydrogens (tertiary/aromatic N) is 1. The second-order valence-electron chi connectivity index (χ2n) is 3.07. The third-order valence-corrected chi connectivity index (χ3v) is 3.31. The van der Waals surface area contributed by atoms with Crippen LogP contribution in [0.3, 0.4) is 0 Å². The molecule has 0 aliphatic heterocycles. The van der Waals surface area contributed by atoms with Crippen molar-refractivity contribution in [2.24, 2.45) is 0 Å². The van der Waals surface area contributed by atoms with Gasteiger partial charge in [0.15, 0.2) is 5.78 Å². The van der Waals surface area contributed by atoms with Gasteiger partial charge in [0.1, 0.15) is 7.55 Å². The van der Waals surface area contributed by atoms with Gasteiger partial charge >= 0.3 is 0 Å². The molecule has 0 bridgehead atoms. The zero-order chi connectivity index (χ0) is 9.56. The van der Waals surface area contributed by atoms with Crippen LogP contribution in [0.5, 0.6) is 0 Å². The third kappa shape index (κ3) is 4.49. The van der Waals surface area contributed by atoms with Gasteiger partial charge in [-0.3, -0.25) is 5.32 Å². The van der Waals surface area contributed by atoms with E-state index in [9.17, 15) is 0 Å². The third-order valence-electron chi connectivity index (χ3n) is 1.84. The van der Waals surface area contributed by atoms with Gasteiger partial charge < -0.3 is 0 Å². The normalized spacial score (nSPS) is 16.3. The zero-order valence-corrected chi connectivity index (χ0v) is 9.06. The van der Waals surface area contributed by atoms with Gasteiger partial charge in [-0.05, 0) is 13.3 Å². The van der Waals surface area contributed by atoms with Crippen LogP contribution in [-0.4, -0.2) is 24.8 Å². The summed E-state index contributed by atoms with van der Waals surface area (Å²) in [5.41, 5.74) is 0. The van der Waals surface area contributed by atoms with E-state index in [1.165, 1.54) is 0 Å². The monoisotopic (exact) mass is 185 g/mol. The quantitative estimate of drug-likeness (QED) is 0.666. The Morgan fingerprint density at radius 1 is 1.67 bits per heavy atom. The summed E-state index contributed by atoms with van der Waals surface area (Å²) in [4.78, 5) is 0. The van der Waals surface area contributed by atoms with Crippen LogP contribution in [0, 0.1) is 11.3 Å². The van der Waals surface area contributed by atoms with Crippen LogP contribution in [0.4, 0.5) is 0 Å². The van der Waals surface area contributed by atoms with Crippen LogP contribution in [0.2, 0.25) is 0 Å². The Hall–Kier alpha value is -0.380. The second-order valence-corrected chi connectivity index (χ2v) is 5.36. The lowest BCUT2D eigenvalue weighted by molar-refractivity contribution is 0.554. The highest BCUT2D eigenvalue weighted by atomic mass is 31.1. The predicted molar refractivity (Wildman–Crippen MR) is 56.9 cm³/mol. The minimum Gasteiger partial charge on any atom is -0.261 e. The van der Waals surface area contributed by atoms with Crippen molar-refractivity contribution in [3.63, 3.8) is 0 Å². The summed E-state index contributed by atoms with van der Waals surface area (Å²) in [7, 11) is -0.223. The van der Waals surface area contributed by atoms with Gasteiger partial charge in [-0.25, -0.2) is 0 Å². The maximum absolute atomic E-state index is 8.76. The molecule has 1 N–H and O–H groups in total. The number of nitriles is 1. The highest BCUT2D eigenvalue weighted by molar-refractivity contribution is 7.55. The second kappa shape index (κ2) is 6.17. The molecular weight excluding hydrogens is 167 g/mol. The molecule has 0 saturated heterocycles. The van der Waals surface area contributed by atoms with E-state index in [0.717, 1.165) is 12.8 Å². The topological polar surface area (TPSA) is 35.8 Å². The zero-order valence-electron chi connectivity index (χ0n) is 8.17. The number of hydrogen-bond donors (Lipinski definition) is 1. The molecule has 3 heteroatoms. The Balaban J connectivity index is 3.87. The summed E-state index contributed by atoms with van der Waals surface area (Å²) in [5, 5.41) is 12.0. The lowest BCUT2D eigenvalue weighted by Crippen LogP contribution is -2.33. The number of nitrogens with one attached hydrogen (secondary N) is 1. The van der Waals surface area contributed by atoms with E-state index >= 15 is 0 Å². The fourth-order valence-electron chi connectivity index (χ4n) is 0.892. The molecular formula is C9H18N2P+. The van der Waals surface area contributed by atoms with Crippen molar-refractivity contribution in [2.75, 3.05) is 6.66 Å². The summed E-state index contributed by atoms with van der Waals surface area (Å²) < 4.78 is 0. The molecule has 0 radical (unpaired) electrons.